The number of aromatic nitrogens is 2. The van der Waals surface area contributed by atoms with E-state index >= 15 is 0 Å². The fraction of sp³-hybridized carbons (Fsp3) is 0.100. The zero-order valence-corrected chi connectivity index (χ0v) is 14.5. The number of hydrogen-bond acceptors (Lipinski definition) is 5. The second-order valence-electron chi connectivity index (χ2n) is 5.64. The van der Waals surface area contributed by atoms with Crippen LogP contribution in [-0.4, -0.2) is 17.1 Å². The molecule has 0 saturated carbocycles. The minimum absolute atomic E-state index is 0.355. The van der Waals surface area contributed by atoms with Gasteiger partial charge >= 0.3 is 0 Å². The molecule has 4 aromatic rings. The zero-order valence-electron chi connectivity index (χ0n) is 13.7. The van der Waals surface area contributed by atoms with Crippen molar-refractivity contribution in [2.24, 2.45) is 5.73 Å². The molecule has 1 unspecified atom stereocenters. The van der Waals surface area contributed by atoms with Crippen LogP contribution >= 0.6 is 11.3 Å². The number of hydrogen-bond donors (Lipinski definition) is 1. The number of ether oxygens (including phenoxy) is 1. The molecule has 0 spiro atoms. The summed E-state index contributed by atoms with van der Waals surface area (Å²) in [6.45, 7) is 0. The van der Waals surface area contributed by atoms with E-state index in [0.717, 1.165) is 37.8 Å². The van der Waals surface area contributed by atoms with E-state index in [-0.39, 0.29) is 6.04 Å². The zero-order chi connectivity index (χ0) is 17.2. The number of nitrogens with two attached hydrogens (primary N) is 1. The Morgan fingerprint density at radius 2 is 1.80 bits per heavy atom. The Kier molecular flexibility index (Phi) is 4.17. The number of pyridine rings is 1. The molecule has 0 aliphatic rings. The third-order valence-electron chi connectivity index (χ3n) is 4.10. The minimum atomic E-state index is -0.355. The van der Waals surface area contributed by atoms with Crippen LogP contribution in [0.5, 0.6) is 5.75 Å². The Balaban J connectivity index is 1.89. The van der Waals surface area contributed by atoms with Gasteiger partial charge in [0.25, 0.3) is 0 Å². The fourth-order valence-corrected chi connectivity index (χ4v) is 3.96. The molecule has 0 amide bonds. The SMILES string of the molecule is COc1ccc(-c2ccccc2)c2sc(C(N)c3ccccn3)nc12. The largest absolute Gasteiger partial charge is 0.494 e. The average Bonchev–Trinajstić information content (AvgIpc) is 3.13. The number of rotatable bonds is 4. The van der Waals surface area contributed by atoms with Crippen molar-refractivity contribution in [1.29, 1.82) is 0 Å². The van der Waals surface area contributed by atoms with Gasteiger partial charge in [0.05, 0.1) is 23.5 Å². The van der Waals surface area contributed by atoms with Gasteiger partial charge in [-0.3, -0.25) is 4.98 Å². The summed E-state index contributed by atoms with van der Waals surface area (Å²) in [5.41, 5.74) is 10.3. The molecule has 2 N–H and O–H groups in total. The lowest BCUT2D eigenvalue weighted by atomic mass is 10.1. The highest BCUT2D eigenvalue weighted by atomic mass is 32.1. The first-order valence-corrected chi connectivity index (χ1v) is 8.79. The van der Waals surface area contributed by atoms with Gasteiger partial charge in [0.2, 0.25) is 0 Å². The lowest BCUT2D eigenvalue weighted by molar-refractivity contribution is 0.419. The third kappa shape index (κ3) is 2.88. The van der Waals surface area contributed by atoms with Crippen LogP contribution in [0.2, 0.25) is 0 Å². The Labute approximate surface area is 149 Å². The van der Waals surface area contributed by atoms with E-state index in [0.29, 0.717) is 0 Å². The molecular weight excluding hydrogens is 330 g/mol. The summed E-state index contributed by atoms with van der Waals surface area (Å²) in [7, 11) is 1.66. The first-order valence-electron chi connectivity index (χ1n) is 7.97. The van der Waals surface area contributed by atoms with Gasteiger partial charge in [0.1, 0.15) is 16.3 Å². The second kappa shape index (κ2) is 6.63. The molecule has 4 rings (SSSR count). The molecule has 0 saturated heterocycles. The molecule has 1 atom stereocenters. The van der Waals surface area contributed by atoms with Crippen molar-refractivity contribution in [3.63, 3.8) is 0 Å². The smallest absolute Gasteiger partial charge is 0.146 e. The van der Waals surface area contributed by atoms with Gasteiger partial charge in [-0.25, -0.2) is 4.98 Å². The van der Waals surface area contributed by atoms with Gasteiger partial charge in [-0.1, -0.05) is 36.4 Å². The van der Waals surface area contributed by atoms with E-state index in [1.54, 1.807) is 24.6 Å². The lowest BCUT2D eigenvalue weighted by Gasteiger charge is -2.06. The Hall–Kier alpha value is -2.76. The first-order chi connectivity index (χ1) is 12.3. The molecule has 0 bridgehead atoms. The van der Waals surface area contributed by atoms with Gasteiger partial charge in [0.15, 0.2) is 0 Å². The van der Waals surface area contributed by atoms with Crippen LogP contribution in [0.25, 0.3) is 21.3 Å². The van der Waals surface area contributed by atoms with Gasteiger partial charge < -0.3 is 10.5 Å². The highest BCUT2D eigenvalue weighted by molar-refractivity contribution is 7.19. The topological polar surface area (TPSA) is 61.0 Å². The molecule has 2 aromatic carbocycles. The predicted octanol–water partition coefficient (Wildman–Crippen LogP) is 4.42. The number of thiazole rings is 1. The van der Waals surface area contributed by atoms with E-state index in [9.17, 15) is 0 Å². The quantitative estimate of drug-likeness (QED) is 0.594. The molecule has 0 aliphatic carbocycles. The highest BCUT2D eigenvalue weighted by Crippen LogP contribution is 2.39. The van der Waals surface area contributed by atoms with Crippen molar-refractivity contribution < 1.29 is 4.74 Å². The Bertz CT molecular complexity index is 1000. The van der Waals surface area contributed by atoms with Crippen LogP contribution in [0, 0.1) is 0 Å². The van der Waals surface area contributed by atoms with Crippen LogP contribution in [0.4, 0.5) is 0 Å². The summed E-state index contributed by atoms with van der Waals surface area (Å²) in [6, 6.07) is 19.7. The van der Waals surface area contributed by atoms with E-state index < -0.39 is 0 Å². The van der Waals surface area contributed by atoms with Gasteiger partial charge in [-0.05, 0) is 29.8 Å². The lowest BCUT2D eigenvalue weighted by Crippen LogP contribution is -2.12. The molecule has 0 aliphatic heterocycles. The van der Waals surface area contributed by atoms with Crippen molar-refractivity contribution in [2.45, 2.75) is 6.04 Å². The maximum Gasteiger partial charge on any atom is 0.146 e. The summed E-state index contributed by atoms with van der Waals surface area (Å²) in [4.78, 5) is 9.13. The van der Waals surface area contributed by atoms with Crippen molar-refractivity contribution in [2.75, 3.05) is 7.11 Å². The molecule has 0 fully saturated rings. The number of benzene rings is 2. The average molecular weight is 347 g/mol. The van der Waals surface area contributed by atoms with E-state index in [1.807, 2.05) is 42.5 Å². The number of fused-ring (bicyclic) bond motifs is 1. The monoisotopic (exact) mass is 347 g/mol. The summed E-state index contributed by atoms with van der Waals surface area (Å²) in [5.74, 6) is 0.755. The van der Waals surface area contributed by atoms with Crippen LogP contribution in [0.15, 0.2) is 66.9 Å². The molecule has 5 heteroatoms. The molecule has 124 valence electrons. The maximum absolute atomic E-state index is 6.41. The molecular formula is C20H17N3OS. The molecule has 0 radical (unpaired) electrons. The normalized spacial score (nSPS) is 12.2. The van der Waals surface area contributed by atoms with Crippen molar-refractivity contribution >= 4 is 21.6 Å². The highest BCUT2D eigenvalue weighted by Gasteiger charge is 2.19. The molecule has 25 heavy (non-hydrogen) atoms. The Morgan fingerprint density at radius 3 is 2.52 bits per heavy atom. The predicted molar refractivity (Wildman–Crippen MR) is 102 cm³/mol. The van der Waals surface area contributed by atoms with Crippen molar-refractivity contribution in [3.05, 3.63) is 77.6 Å². The number of methoxy groups -OCH3 is 1. The van der Waals surface area contributed by atoms with Crippen LogP contribution in [0.3, 0.4) is 0 Å². The second-order valence-corrected chi connectivity index (χ2v) is 6.67. The fourth-order valence-electron chi connectivity index (χ4n) is 2.83. The molecule has 2 aromatic heterocycles. The van der Waals surface area contributed by atoms with E-state index in [2.05, 4.69) is 23.2 Å². The summed E-state index contributed by atoms with van der Waals surface area (Å²) in [5, 5.41) is 0.829. The van der Waals surface area contributed by atoms with Gasteiger partial charge in [-0.15, -0.1) is 11.3 Å². The molecule has 2 heterocycles. The van der Waals surface area contributed by atoms with Crippen LogP contribution in [-0.2, 0) is 0 Å². The standard InChI is InChI=1S/C20H17N3OS/c1-24-16-11-10-14(13-7-3-2-4-8-13)19-18(16)23-20(25-19)17(21)15-9-5-6-12-22-15/h2-12,17H,21H2,1H3. The maximum atomic E-state index is 6.41. The van der Waals surface area contributed by atoms with Crippen molar-refractivity contribution in [3.8, 4) is 16.9 Å². The van der Waals surface area contributed by atoms with Gasteiger partial charge in [-0.2, -0.15) is 0 Å². The Morgan fingerprint density at radius 1 is 1.00 bits per heavy atom. The summed E-state index contributed by atoms with van der Waals surface area (Å²) in [6.07, 6.45) is 1.75. The summed E-state index contributed by atoms with van der Waals surface area (Å²) < 4.78 is 6.58. The number of nitrogens with zero attached hydrogens (tertiary/aromatic N) is 2. The minimum Gasteiger partial charge on any atom is -0.494 e. The van der Waals surface area contributed by atoms with Crippen LogP contribution < -0.4 is 10.5 Å². The van der Waals surface area contributed by atoms with E-state index in [4.69, 9.17) is 15.5 Å². The van der Waals surface area contributed by atoms with Crippen molar-refractivity contribution in [1.82, 2.24) is 9.97 Å². The summed E-state index contributed by atoms with van der Waals surface area (Å²) >= 11 is 1.60. The first kappa shape index (κ1) is 15.7. The van der Waals surface area contributed by atoms with Gasteiger partial charge in [0, 0.05) is 11.8 Å². The van der Waals surface area contributed by atoms with Crippen LogP contribution in [0.1, 0.15) is 16.7 Å². The third-order valence-corrected chi connectivity index (χ3v) is 5.27. The van der Waals surface area contributed by atoms with E-state index in [1.165, 1.54) is 0 Å². The molecule has 4 nitrogen and oxygen atoms in total.